The van der Waals surface area contributed by atoms with Gasteiger partial charge in [-0.15, -0.1) is 6.42 Å². The minimum atomic E-state index is -0.687. The van der Waals surface area contributed by atoms with Crippen LogP contribution in [-0.4, -0.2) is 18.7 Å². The molecule has 0 saturated carbocycles. The number of terminal acetylenes is 1. The molecule has 1 unspecified atom stereocenters. The molecule has 0 aliphatic carbocycles. The number of benzene rings is 1. The van der Waals surface area contributed by atoms with Crippen molar-refractivity contribution < 1.29 is 14.3 Å². The van der Waals surface area contributed by atoms with Crippen molar-refractivity contribution in [3.8, 4) is 18.1 Å². The molecule has 90 valence electrons. The van der Waals surface area contributed by atoms with Crippen molar-refractivity contribution in [1.82, 2.24) is 0 Å². The first-order valence-electron chi connectivity index (χ1n) is 5.30. The summed E-state index contributed by atoms with van der Waals surface area (Å²) in [6, 6.07) is 6.98. The van der Waals surface area contributed by atoms with E-state index in [1.54, 1.807) is 24.3 Å². The Bertz CT molecular complexity index is 423. The van der Waals surface area contributed by atoms with Crippen LogP contribution >= 0.6 is 0 Å². The fraction of sp³-hybridized carbons (Fsp3) is 0.308. The topological polar surface area (TPSA) is 61.5 Å². The minimum absolute atomic E-state index is 0.0526. The summed E-state index contributed by atoms with van der Waals surface area (Å²) in [6.07, 6.45) is 4.80. The fourth-order valence-corrected chi connectivity index (χ4v) is 1.24. The molecule has 2 N–H and O–H groups in total. The Morgan fingerprint density at radius 3 is 2.82 bits per heavy atom. The maximum Gasteiger partial charge on any atom is 0.348 e. The van der Waals surface area contributed by atoms with Crippen LogP contribution in [0.3, 0.4) is 0 Å². The monoisotopic (exact) mass is 233 g/mol. The highest BCUT2D eigenvalue weighted by atomic mass is 16.6. The second kappa shape index (κ2) is 6.44. The predicted molar refractivity (Wildman–Crippen MR) is 65.4 cm³/mol. The Labute approximate surface area is 101 Å². The number of para-hydroxylation sites is 2. The largest absolute Gasteiger partial charge is 0.477 e. The first kappa shape index (κ1) is 12.9. The molecular weight excluding hydrogens is 218 g/mol. The highest BCUT2D eigenvalue weighted by molar-refractivity contribution is 5.75. The molecule has 0 radical (unpaired) electrons. The molecule has 1 aromatic rings. The van der Waals surface area contributed by atoms with Gasteiger partial charge in [-0.1, -0.05) is 25.0 Å². The van der Waals surface area contributed by atoms with Crippen LogP contribution in [0.4, 0.5) is 5.69 Å². The van der Waals surface area contributed by atoms with E-state index in [1.165, 1.54) is 0 Å². The first-order valence-corrected chi connectivity index (χ1v) is 5.30. The summed E-state index contributed by atoms with van der Waals surface area (Å²) < 4.78 is 10.3. The van der Waals surface area contributed by atoms with Crippen molar-refractivity contribution in [2.45, 2.75) is 19.4 Å². The molecule has 0 saturated heterocycles. The molecule has 1 aromatic carbocycles. The smallest absolute Gasteiger partial charge is 0.348 e. The molecular formula is C13H15NO3. The number of nitrogen functional groups attached to an aromatic ring is 1. The number of ether oxygens (including phenoxy) is 2. The van der Waals surface area contributed by atoms with Crippen LogP contribution in [0.25, 0.3) is 0 Å². The Kier molecular flexibility index (Phi) is 4.89. The standard InChI is InChI=1S/C13H15NO3/c1-3-9-16-13(15)11(4-2)17-12-8-6-5-7-10(12)14/h1,5-8,11H,4,9,14H2,2H3. The molecule has 0 spiro atoms. The van der Waals surface area contributed by atoms with E-state index in [2.05, 4.69) is 5.92 Å². The average Bonchev–Trinajstić information content (AvgIpc) is 2.35. The van der Waals surface area contributed by atoms with Gasteiger partial charge >= 0.3 is 5.97 Å². The number of hydrogen-bond acceptors (Lipinski definition) is 4. The third-order valence-corrected chi connectivity index (χ3v) is 2.12. The van der Waals surface area contributed by atoms with E-state index in [1.807, 2.05) is 6.92 Å². The Hall–Kier alpha value is -2.15. The second-order valence-corrected chi connectivity index (χ2v) is 3.36. The van der Waals surface area contributed by atoms with E-state index in [-0.39, 0.29) is 6.61 Å². The molecule has 4 heteroatoms. The summed E-state index contributed by atoms with van der Waals surface area (Å²) in [4.78, 5) is 11.6. The lowest BCUT2D eigenvalue weighted by molar-refractivity contribution is -0.150. The number of esters is 1. The third-order valence-electron chi connectivity index (χ3n) is 2.12. The summed E-state index contributed by atoms with van der Waals surface area (Å²) in [5, 5.41) is 0. The van der Waals surface area contributed by atoms with E-state index < -0.39 is 12.1 Å². The SMILES string of the molecule is C#CCOC(=O)C(CC)Oc1ccccc1N. The van der Waals surface area contributed by atoms with Gasteiger partial charge in [-0.2, -0.15) is 0 Å². The van der Waals surface area contributed by atoms with Crippen molar-refractivity contribution in [2.24, 2.45) is 0 Å². The van der Waals surface area contributed by atoms with Crippen LogP contribution in [-0.2, 0) is 9.53 Å². The van der Waals surface area contributed by atoms with Crippen LogP contribution < -0.4 is 10.5 Å². The van der Waals surface area contributed by atoms with Gasteiger partial charge in [0.05, 0.1) is 5.69 Å². The summed E-state index contributed by atoms with van der Waals surface area (Å²) >= 11 is 0. The fourth-order valence-electron chi connectivity index (χ4n) is 1.24. The maximum absolute atomic E-state index is 11.6. The van der Waals surface area contributed by atoms with Gasteiger partial charge in [0.25, 0.3) is 0 Å². The molecule has 0 aliphatic rings. The number of anilines is 1. The summed E-state index contributed by atoms with van der Waals surface area (Å²) in [7, 11) is 0. The van der Waals surface area contributed by atoms with Gasteiger partial charge in [-0.05, 0) is 18.6 Å². The van der Waals surface area contributed by atoms with Crippen LogP contribution in [0.15, 0.2) is 24.3 Å². The number of hydrogen-bond donors (Lipinski definition) is 1. The summed E-state index contributed by atoms with van der Waals surface area (Å²) in [6.45, 7) is 1.77. The maximum atomic E-state index is 11.6. The van der Waals surface area contributed by atoms with Crippen molar-refractivity contribution in [3.63, 3.8) is 0 Å². The molecule has 17 heavy (non-hydrogen) atoms. The van der Waals surface area contributed by atoms with Crippen LogP contribution in [0.1, 0.15) is 13.3 Å². The van der Waals surface area contributed by atoms with Crippen LogP contribution in [0.5, 0.6) is 5.75 Å². The first-order chi connectivity index (χ1) is 8.19. The lowest BCUT2D eigenvalue weighted by atomic mass is 10.2. The average molecular weight is 233 g/mol. The second-order valence-electron chi connectivity index (χ2n) is 3.36. The van der Waals surface area contributed by atoms with E-state index >= 15 is 0 Å². The molecule has 1 rings (SSSR count). The van der Waals surface area contributed by atoms with Gasteiger partial charge < -0.3 is 15.2 Å². The zero-order valence-corrected chi connectivity index (χ0v) is 9.68. The highest BCUT2D eigenvalue weighted by Gasteiger charge is 2.20. The lowest BCUT2D eigenvalue weighted by Crippen LogP contribution is -2.29. The number of rotatable bonds is 5. The van der Waals surface area contributed by atoms with Crippen LogP contribution in [0.2, 0.25) is 0 Å². The molecule has 4 nitrogen and oxygen atoms in total. The normalized spacial score (nSPS) is 11.3. The minimum Gasteiger partial charge on any atom is -0.477 e. The van der Waals surface area contributed by atoms with Gasteiger partial charge in [-0.3, -0.25) is 0 Å². The Balaban J connectivity index is 2.67. The Morgan fingerprint density at radius 1 is 1.53 bits per heavy atom. The molecule has 0 heterocycles. The molecule has 0 aliphatic heterocycles. The third kappa shape index (κ3) is 3.72. The molecule has 0 fully saturated rings. The van der Waals surface area contributed by atoms with Crippen LogP contribution in [0, 0.1) is 12.3 Å². The molecule has 0 aromatic heterocycles. The van der Waals surface area contributed by atoms with E-state index in [0.29, 0.717) is 17.9 Å². The van der Waals surface area contributed by atoms with Gasteiger partial charge in [0, 0.05) is 0 Å². The van der Waals surface area contributed by atoms with Crippen molar-refractivity contribution >= 4 is 11.7 Å². The predicted octanol–water partition coefficient (Wildman–Crippen LogP) is 1.60. The van der Waals surface area contributed by atoms with Gasteiger partial charge in [0.1, 0.15) is 5.75 Å². The molecule has 0 amide bonds. The zero-order valence-electron chi connectivity index (χ0n) is 9.68. The highest BCUT2D eigenvalue weighted by Crippen LogP contribution is 2.22. The van der Waals surface area contributed by atoms with Gasteiger partial charge in [-0.25, -0.2) is 4.79 Å². The van der Waals surface area contributed by atoms with Crippen molar-refractivity contribution in [2.75, 3.05) is 12.3 Å². The van der Waals surface area contributed by atoms with E-state index in [9.17, 15) is 4.79 Å². The number of nitrogens with two attached hydrogens (primary N) is 1. The summed E-state index contributed by atoms with van der Waals surface area (Å²) in [5.74, 6) is 2.22. The van der Waals surface area contributed by atoms with Crippen molar-refractivity contribution in [3.05, 3.63) is 24.3 Å². The van der Waals surface area contributed by atoms with Gasteiger partial charge in [0.15, 0.2) is 12.7 Å². The lowest BCUT2D eigenvalue weighted by Gasteiger charge is -2.16. The zero-order chi connectivity index (χ0) is 12.7. The summed E-state index contributed by atoms with van der Waals surface area (Å²) in [5.41, 5.74) is 6.20. The number of carbonyl (C=O) groups is 1. The van der Waals surface area contributed by atoms with E-state index in [0.717, 1.165) is 0 Å². The van der Waals surface area contributed by atoms with E-state index in [4.69, 9.17) is 21.6 Å². The molecule has 1 atom stereocenters. The quantitative estimate of drug-likeness (QED) is 0.476. The molecule has 0 bridgehead atoms. The van der Waals surface area contributed by atoms with Crippen molar-refractivity contribution in [1.29, 1.82) is 0 Å². The Morgan fingerprint density at radius 2 is 2.24 bits per heavy atom. The van der Waals surface area contributed by atoms with Gasteiger partial charge in [0.2, 0.25) is 0 Å². The number of carbonyl (C=O) groups excluding carboxylic acids is 1.